The fraction of sp³-hybridized carbons (Fsp3) is 1.00. The smallest absolute Gasteiger partial charge is 0.0121 e. The zero-order chi connectivity index (χ0) is 11.1. The molecule has 1 aliphatic rings. The molecular formula is C14H29N. The van der Waals surface area contributed by atoms with Crippen molar-refractivity contribution < 1.29 is 0 Å². The maximum Gasteiger partial charge on any atom is 0.0121 e. The highest BCUT2D eigenvalue weighted by Crippen LogP contribution is 2.42. The third-order valence-corrected chi connectivity index (χ3v) is 4.13. The number of hydrogen-bond donors (Lipinski definition) is 1. The lowest BCUT2D eigenvalue weighted by atomic mass is 9.78. The van der Waals surface area contributed by atoms with Crippen LogP contribution in [0.4, 0.5) is 0 Å². The summed E-state index contributed by atoms with van der Waals surface area (Å²) >= 11 is 0. The van der Waals surface area contributed by atoms with Gasteiger partial charge < -0.3 is 5.32 Å². The molecule has 15 heavy (non-hydrogen) atoms. The summed E-state index contributed by atoms with van der Waals surface area (Å²) in [4.78, 5) is 0. The fourth-order valence-corrected chi connectivity index (χ4v) is 3.07. The van der Waals surface area contributed by atoms with E-state index in [1.54, 1.807) is 0 Å². The van der Waals surface area contributed by atoms with Gasteiger partial charge in [0, 0.05) is 6.04 Å². The molecule has 1 nitrogen and oxygen atoms in total. The number of unbranched alkanes of at least 4 members (excludes halogenated alkanes) is 2. The normalized spacial score (nSPS) is 21.8. The molecular weight excluding hydrogens is 182 g/mol. The lowest BCUT2D eigenvalue weighted by Crippen LogP contribution is -2.42. The first kappa shape index (κ1) is 13.0. The molecule has 0 amide bonds. The Bertz CT molecular complexity index is 159. The Hall–Kier alpha value is -0.0400. The van der Waals surface area contributed by atoms with Gasteiger partial charge in [0.05, 0.1) is 0 Å². The minimum atomic E-state index is 0.601. The van der Waals surface area contributed by atoms with Gasteiger partial charge in [0.25, 0.3) is 0 Å². The summed E-state index contributed by atoms with van der Waals surface area (Å²) in [5.74, 6) is 0. The van der Waals surface area contributed by atoms with E-state index >= 15 is 0 Å². The van der Waals surface area contributed by atoms with Crippen molar-refractivity contribution in [1.82, 2.24) is 5.32 Å². The third-order valence-electron chi connectivity index (χ3n) is 4.13. The Kier molecular flexibility index (Phi) is 5.66. The highest BCUT2D eigenvalue weighted by Gasteiger charge is 2.35. The second kappa shape index (κ2) is 6.52. The Labute approximate surface area is 96.0 Å². The van der Waals surface area contributed by atoms with Crippen molar-refractivity contribution in [3.63, 3.8) is 0 Å². The lowest BCUT2D eigenvalue weighted by molar-refractivity contribution is 0.208. The van der Waals surface area contributed by atoms with Crippen molar-refractivity contribution in [3.05, 3.63) is 0 Å². The summed E-state index contributed by atoms with van der Waals surface area (Å²) in [7, 11) is 0. The van der Waals surface area contributed by atoms with Crippen molar-refractivity contribution in [1.29, 1.82) is 0 Å². The standard InChI is InChI=1S/C14H29N/c1-4-6-7-10-13(15-5-2)14(3)11-8-9-12-14/h13,15H,4-12H2,1-3H3. The van der Waals surface area contributed by atoms with Crippen LogP contribution in [-0.4, -0.2) is 12.6 Å². The summed E-state index contributed by atoms with van der Waals surface area (Å²) in [6.07, 6.45) is 11.3. The predicted octanol–water partition coefficient (Wildman–Crippen LogP) is 4.13. The first-order valence-electron chi connectivity index (χ1n) is 6.96. The molecule has 1 aliphatic carbocycles. The van der Waals surface area contributed by atoms with Gasteiger partial charge in [-0.3, -0.25) is 0 Å². The average Bonchev–Trinajstić information content (AvgIpc) is 2.65. The van der Waals surface area contributed by atoms with Gasteiger partial charge in [-0.25, -0.2) is 0 Å². The molecule has 0 bridgehead atoms. The van der Waals surface area contributed by atoms with E-state index in [1.165, 1.54) is 51.4 Å². The molecule has 0 spiro atoms. The molecule has 1 unspecified atom stereocenters. The molecule has 1 N–H and O–H groups in total. The molecule has 1 fully saturated rings. The van der Waals surface area contributed by atoms with E-state index in [0.29, 0.717) is 5.41 Å². The van der Waals surface area contributed by atoms with Gasteiger partial charge in [0.15, 0.2) is 0 Å². The van der Waals surface area contributed by atoms with Gasteiger partial charge >= 0.3 is 0 Å². The zero-order valence-corrected chi connectivity index (χ0v) is 10.9. The van der Waals surface area contributed by atoms with Gasteiger partial charge in [-0.05, 0) is 31.2 Å². The molecule has 90 valence electrons. The van der Waals surface area contributed by atoms with E-state index in [9.17, 15) is 0 Å². The molecule has 1 heteroatoms. The summed E-state index contributed by atoms with van der Waals surface area (Å²) in [5, 5.41) is 3.72. The van der Waals surface area contributed by atoms with Gasteiger partial charge in [0.1, 0.15) is 0 Å². The van der Waals surface area contributed by atoms with Crippen molar-refractivity contribution in [2.24, 2.45) is 5.41 Å². The first-order valence-corrected chi connectivity index (χ1v) is 6.96. The van der Waals surface area contributed by atoms with Crippen LogP contribution in [0.1, 0.15) is 72.1 Å². The molecule has 0 radical (unpaired) electrons. The maximum absolute atomic E-state index is 3.72. The molecule has 0 aromatic rings. The quantitative estimate of drug-likeness (QED) is 0.624. The van der Waals surface area contributed by atoms with Gasteiger partial charge in [0.2, 0.25) is 0 Å². The van der Waals surface area contributed by atoms with Gasteiger partial charge in [-0.15, -0.1) is 0 Å². The zero-order valence-electron chi connectivity index (χ0n) is 10.9. The van der Waals surface area contributed by atoms with Crippen molar-refractivity contribution >= 4 is 0 Å². The topological polar surface area (TPSA) is 12.0 Å². The lowest BCUT2D eigenvalue weighted by Gasteiger charge is -2.35. The number of hydrogen-bond acceptors (Lipinski definition) is 1. The Morgan fingerprint density at radius 3 is 2.33 bits per heavy atom. The van der Waals surface area contributed by atoms with Crippen LogP contribution in [0.2, 0.25) is 0 Å². The second-order valence-corrected chi connectivity index (χ2v) is 5.47. The van der Waals surface area contributed by atoms with Crippen LogP contribution in [0.3, 0.4) is 0 Å². The van der Waals surface area contributed by atoms with Crippen LogP contribution in [0.5, 0.6) is 0 Å². The van der Waals surface area contributed by atoms with Crippen LogP contribution in [0.15, 0.2) is 0 Å². The van der Waals surface area contributed by atoms with E-state index < -0.39 is 0 Å². The van der Waals surface area contributed by atoms with Crippen molar-refractivity contribution in [2.75, 3.05) is 6.54 Å². The molecule has 1 atom stereocenters. The highest BCUT2D eigenvalue weighted by atomic mass is 14.9. The van der Waals surface area contributed by atoms with Crippen LogP contribution in [0.25, 0.3) is 0 Å². The second-order valence-electron chi connectivity index (χ2n) is 5.47. The largest absolute Gasteiger partial charge is 0.314 e. The van der Waals surface area contributed by atoms with E-state index in [0.717, 1.165) is 12.6 Å². The molecule has 0 heterocycles. The minimum absolute atomic E-state index is 0.601. The van der Waals surface area contributed by atoms with Gasteiger partial charge in [-0.1, -0.05) is 52.9 Å². The number of rotatable bonds is 7. The van der Waals surface area contributed by atoms with Crippen LogP contribution in [-0.2, 0) is 0 Å². The van der Waals surface area contributed by atoms with E-state index in [-0.39, 0.29) is 0 Å². The minimum Gasteiger partial charge on any atom is -0.314 e. The number of nitrogens with one attached hydrogen (secondary N) is 1. The monoisotopic (exact) mass is 211 g/mol. The van der Waals surface area contributed by atoms with Crippen LogP contribution in [0, 0.1) is 5.41 Å². The van der Waals surface area contributed by atoms with E-state index in [2.05, 4.69) is 26.1 Å². The fourth-order valence-electron chi connectivity index (χ4n) is 3.07. The maximum atomic E-state index is 3.72. The molecule has 0 aromatic heterocycles. The average molecular weight is 211 g/mol. The summed E-state index contributed by atoms with van der Waals surface area (Å²) in [5.41, 5.74) is 0.601. The molecule has 1 saturated carbocycles. The predicted molar refractivity (Wildman–Crippen MR) is 68.2 cm³/mol. The highest BCUT2D eigenvalue weighted by molar-refractivity contribution is 4.91. The van der Waals surface area contributed by atoms with Gasteiger partial charge in [-0.2, -0.15) is 0 Å². The Morgan fingerprint density at radius 1 is 1.13 bits per heavy atom. The molecule has 1 rings (SSSR count). The van der Waals surface area contributed by atoms with E-state index in [1.807, 2.05) is 0 Å². The SMILES string of the molecule is CCCCCC(NCC)C1(C)CCCC1. The first-order chi connectivity index (χ1) is 7.23. The Balaban J connectivity index is 2.40. The summed E-state index contributed by atoms with van der Waals surface area (Å²) in [6, 6.07) is 0.775. The Morgan fingerprint density at radius 2 is 1.80 bits per heavy atom. The summed E-state index contributed by atoms with van der Waals surface area (Å²) in [6.45, 7) is 8.16. The van der Waals surface area contributed by atoms with Crippen LogP contribution < -0.4 is 5.32 Å². The van der Waals surface area contributed by atoms with Crippen molar-refractivity contribution in [2.45, 2.75) is 78.2 Å². The third kappa shape index (κ3) is 3.79. The van der Waals surface area contributed by atoms with Crippen LogP contribution >= 0.6 is 0 Å². The molecule has 0 aromatic carbocycles. The summed E-state index contributed by atoms with van der Waals surface area (Å²) < 4.78 is 0. The van der Waals surface area contributed by atoms with Crippen molar-refractivity contribution in [3.8, 4) is 0 Å². The molecule has 0 saturated heterocycles. The van der Waals surface area contributed by atoms with E-state index in [4.69, 9.17) is 0 Å². The molecule has 0 aliphatic heterocycles.